The minimum absolute atomic E-state index is 0.0881. The van der Waals surface area contributed by atoms with Gasteiger partial charge in [0.15, 0.2) is 24.4 Å². The molecule has 110 heavy (non-hydrogen) atoms. The fourth-order valence-electron chi connectivity index (χ4n) is 14.3. The smallest absolute Gasteiger partial charge is 0.309 e. The van der Waals surface area contributed by atoms with Crippen LogP contribution in [-0.2, 0) is 73.2 Å². The highest BCUT2D eigenvalue weighted by molar-refractivity contribution is 5.98. The van der Waals surface area contributed by atoms with Crippen LogP contribution >= 0.6 is 0 Å². The van der Waals surface area contributed by atoms with Gasteiger partial charge in [0.1, 0.15) is 135 Å². The van der Waals surface area contributed by atoms with E-state index < -0.39 is 264 Å². The van der Waals surface area contributed by atoms with Crippen LogP contribution in [0.15, 0.2) is 54.6 Å². The average molecular weight is 1560 g/mol. The van der Waals surface area contributed by atoms with Crippen molar-refractivity contribution in [1.29, 1.82) is 10.8 Å². The number of aliphatic hydroxyl groups excluding tert-OH is 12. The van der Waals surface area contributed by atoms with Gasteiger partial charge in [0.05, 0.1) is 43.7 Å². The molecule has 39 nitrogen and oxygen atoms in total. The molecule has 0 saturated carbocycles. The summed E-state index contributed by atoms with van der Waals surface area (Å²) in [7, 11) is 0. The van der Waals surface area contributed by atoms with Crippen molar-refractivity contribution in [2.24, 2.45) is 11.8 Å². The van der Waals surface area contributed by atoms with E-state index in [-0.39, 0.29) is 30.2 Å². The topological polar surface area (TPSA) is 603 Å². The Bertz CT molecular complexity index is 3400. The van der Waals surface area contributed by atoms with Gasteiger partial charge in [-0.1, -0.05) is 103 Å². The van der Waals surface area contributed by atoms with Crippen molar-refractivity contribution in [2.45, 2.75) is 251 Å². The summed E-state index contributed by atoms with van der Waals surface area (Å²) >= 11 is 0. The maximum atomic E-state index is 15.4. The average Bonchev–Trinajstić information content (AvgIpc) is 1.32. The first-order chi connectivity index (χ1) is 52.5. The molecule has 0 radical (unpaired) electrons. The number of hydrogen-bond donors (Lipinski definition) is 23. The summed E-state index contributed by atoms with van der Waals surface area (Å²) in [6.07, 6.45) is -27.8. The Hall–Kier alpha value is -8.10. The van der Waals surface area contributed by atoms with Gasteiger partial charge < -0.3 is 147 Å². The number of hydrogen-bond acceptors (Lipinski definition) is 29. The van der Waals surface area contributed by atoms with E-state index in [0.717, 1.165) is 4.90 Å². The third kappa shape index (κ3) is 21.6. The zero-order valence-corrected chi connectivity index (χ0v) is 61.7. The molecule has 23 N–H and O–H groups in total. The molecule has 6 amide bonds. The van der Waals surface area contributed by atoms with E-state index in [9.17, 15) is 85.3 Å². The van der Waals surface area contributed by atoms with Gasteiger partial charge in [-0.3, -0.25) is 49.2 Å². The molecule has 6 saturated heterocycles. The molecule has 39 heteroatoms. The SMILES string of the molecule is CCCC(CCC)C(=O)OCC1OC(OC2C(CO)OC(Oc3ccc(CC4NC(=O)C(C(CC)c5ccccc5)NC(=O)CNC(=O)C(CO)NC(=O)C(C(O)C5CNC(=N)N5C5OC(COC(=O)C(CCC)CCC)C(O)C(O)C5O)NC(=O)C(C(O)C5CNC(=N)N5)NC4=O)cc3)C(O)C2O)C(O)C(O)C1O. The van der Waals surface area contributed by atoms with Crippen molar-refractivity contribution in [1.82, 2.24) is 52.8 Å². The Morgan fingerprint density at radius 3 is 1.64 bits per heavy atom. The molecule has 6 aliphatic rings. The molecule has 8 rings (SSSR count). The monoisotopic (exact) mass is 1560 g/mol. The Labute approximate surface area is 634 Å². The standard InChI is InChI=1S/C71H108N12O27/c1-6-14-34(15-7-2)66(102)104-30-43-51(89)53(91)56(94)65(107-43)83-41(26-76-71(83)73)50(88)48-63(100)78-40(28-84)60(97)74-27-45(86)80-46(37(10-5)33-18-12-11-13-19-33)62(99)77-38(61(98)81-47(64(101)82-48)49(87)39-25-75-70(72)79-39)24-32-20-22-36(23-21-32)106-68-58(96)55(93)59(42(29-85)108-68)110-69-57(95)54(92)52(90)44(109-69)31-105-67(103)35(16-8-3)17-9-4/h11-13,18-23,34-35,37-44,46-59,65,68-69,84-85,87-96H,6-10,14-17,24-31H2,1-5H3,(H2,73,76)(H,74,97)(H,77,99)(H,78,100)(H,80,86)(H,81,98)(H,82,101)(H3,72,75,79). The molecule has 6 fully saturated rings. The normalized spacial score (nSPS) is 33.1. The Morgan fingerprint density at radius 2 is 1.07 bits per heavy atom. The predicted octanol–water partition coefficient (Wildman–Crippen LogP) is -7.27. The molecular formula is C71H108N12O27. The lowest BCUT2D eigenvalue weighted by Gasteiger charge is -2.46. The van der Waals surface area contributed by atoms with E-state index in [0.29, 0.717) is 56.9 Å². The Morgan fingerprint density at radius 1 is 0.536 bits per heavy atom. The van der Waals surface area contributed by atoms with Crippen molar-refractivity contribution in [2.75, 3.05) is 46.1 Å². The van der Waals surface area contributed by atoms with Crippen LogP contribution in [0.2, 0.25) is 0 Å². The zero-order chi connectivity index (χ0) is 80.4. The van der Waals surface area contributed by atoms with Crippen LogP contribution in [0.1, 0.15) is 109 Å². The number of carbonyl (C=O) groups excluding carboxylic acids is 8. The second kappa shape index (κ2) is 40.9. The van der Waals surface area contributed by atoms with E-state index >= 15 is 14.4 Å². The summed E-state index contributed by atoms with van der Waals surface area (Å²) < 4.78 is 40.5. The number of amides is 6. The lowest BCUT2D eigenvalue weighted by Crippen LogP contribution is -2.69. The van der Waals surface area contributed by atoms with Gasteiger partial charge in [-0.25, -0.2) is 0 Å². The molecule has 6 aliphatic heterocycles. The number of nitrogens with zero attached hydrogens (tertiary/aromatic N) is 1. The van der Waals surface area contributed by atoms with Crippen LogP contribution in [0.5, 0.6) is 5.75 Å². The molecule has 0 spiro atoms. The molecule has 25 atom stereocenters. The van der Waals surface area contributed by atoms with Gasteiger partial charge in [0, 0.05) is 25.4 Å². The van der Waals surface area contributed by atoms with Crippen LogP contribution in [0, 0.1) is 22.7 Å². The third-order valence-electron chi connectivity index (χ3n) is 20.5. The molecule has 2 aromatic rings. The number of benzene rings is 2. The van der Waals surface area contributed by atoms with Gasteiger partial charge in [-0.05, 0) is 55.4 Å². The second-order valence-electron chi connectivity index (χ2n) is 28.3. The molecule has 614 valence electrons. The first kappa shape index (κ1) is 87.5. The fourth-order valence-corrected chi connectivity index (χ4v) is 14.3. The van der Waals surface area contributed by atoms with E-state index in [2.05, 4.69) is 47.9 Å². The van der Waals surface area contributed by atoms with Gasteiger partial charge in [-0.15, -0.1) is 0 Å². The van der Waals surface area contributed by atoms with Gasteiger partial charge in [-0.2, -0.15) is 0 Å². The van der Waals surface area contributed by atoms with Crippen LogP contribution in [-0.4, -0.2) is 318 Å². The van der Waals surface area contributed by atoms with Crippen LogP contribution < -0.4 is 52.6 Å². The summed E-state index contributed by atoms with van der Waals surface area (Å²) in [5.41, 5.74) is 0.721. The largest absolute Gasteiger partial charge is 0.463 e. The number of esters is 2. The maximum Gasteiger partial charge on any atom is 0.309 e. The minimum atomic E-state index is -2.40. The number of aliphatic hydroxyl groups is 12. The molecule has 0 bridgehead atoms. The Balaban J connectivity index is 1.08. The summed E-state index contributed by atoms with van der Waals surface area (Å²) in [6, 6.07) is 0.682. The zero-order valence-electron chi connectivity index (χ0n) is 61.7. The van der Waals surface area contributed by atoms with Crippen LogP contribution in [0.3, 0.4) is 0 Å². The first-order valence-corrected chi connectivity index (χ1v) is 37.3. The highest BCUT2D eigenvalue weighted by atomic mass is 16.7. The van der Waals surface area contributed by atoms with Crippen molar-refractivity contribution >= 4 is 59.3 Å². The summed E-state index contributed by atoms with van der Waals surface area (Å²) in [6.45, 7) is 4.20. The summed E-state index contributed by atoms with van der Waals surface area (Å²) in [5.74, 6) is -11.5. The number of guanidine groups is 2. The summed E-state index contributed by atoms with van der Waals surface area (Å²) in [5, 5.41) is 175. The van der Waals surface area contributed by atoms with E-state index in [1.54, 1.807) is 37.3 Å². The summed E-state index contributed by atoms with van der Waals surface area (Å²) in [4.78, 5) is 116. The van der Waals surface area contributed by atoms with Crippen LogP contribution in [0.4, 0.5) is 0 Å². The van der Waals surface area contributed by atoms with Crippen molar-refractivity contribution in [3.05, 3.63) is 65.7 Å². The highest BCUT2D eigenvalue weighted by Gasteiger charge is 2.55. The van der Waals surface area contributed by atoms with E-state index in [4.69, 9.17) is 44.0 Å². The number of nitrogens with one attached hydrogen (secondary N) is 11. The van der Waals surface area contributed by atoms with E-state index in [1.165, 1.54) is 24.3 Å². The lowest BCUT2D eigenvalue weighted by molar-refractivity contribution is -0.352. The molecule has 25 unspecified atom stereocenters. The second-order valence-corrected chi connectivity index (χ2v) is 28.3. The van der Waals surface area contributed by atoms with Crippen LogP contribution in [0.25, 0.3) is 0 Å². The van der Waals surface area contributed by atoms with Crippen molar-refractivity contribution in [3.8, 4) is 5.75 Å². The van der Waals surface area contributed by atoms with Gasteiger partial charge in [0.25, 0.3) is 0 Å². The third-order valence-corrected chi connectivity index (χ3v) is 20.5. The number of carbonyl (C=O) groups is 8. The molecule has 0 aromatic heterocycles. The van der Waals surface area contributed by atoms with E-state index in [1.807, 2.05) is 27.7 Å². The fraction of sp³-hybridized carbons (Fsp3) is 0.690. The van der Waals surface area contributed by atoms with Crippen molar-refractivity contribution in [3.63, 3.8) is 0 Å². The number of ether oxygens (including phenoxy) is 7. The quantitative estimate of drug-likeness (QED) is 0.0323. The van der Waals surface area contributed by atoms with Gasteiger partial charge in [0.2, 0.25) is 41.7 Å². The molecule has 6 heterocycles. The Kier molecular flexibility index (Phi) is 32.5. The van der Waals surface area contributed by atoms with Gasteiger partial charge >= 0.3 is 11.9 Å². The molecule has 2 aromatic carbocycles. The van der Waals surface area contributed by atoms with Crippen molar-refractivity contribution < 1.29 is 133 Å². The first-order valence-electron chi connectivity index (χ1n) is 37.3. The maximum absolute atomic E-state index is 15.4. The molecular weight excluding hydrogens is 1450 g/mol. The molecule has 0 aliphatic carbocycles. The lowest BCUT2D eigenvalue weighted by atomic mass is 9.88. The highest BCUT2D eigenvalue weighted by Crippen LogP contribution is 2.34. The predicted molar refractivity (Wildman–Crippen MR) is 381 cm³/mol. The minimum Gasteiger partial charge on any atom is -0.463 e. The number of rotatable bonds is 30.